The van der Waals surface area contributed by atoms with Gasteiger partial charge in [-0.2, -0.15) is 0 Å². The summed E-state index contributed by atoms with van der Waals surface area (Å²) in [5.74, 6) is 1.25. The average Bonchev–Trinajstić information content (AvgIpc) is 3.12. The van der Waals surface area contributed by atoms with E-state index in [1.165, 1.54) is 19.3 Å². The Bertz CT molecular complexity index is 620. The fourth-order valence-corrected chi connectivity index (χ4v) is 4.11. The Balaban J connectivity index is 1.41. The Hall–Kier alpha value is -1.26. The molecule has 1 amide bonds. The van der Waals surface area contributed by atoms with Crippen LogP contribution < -0.4 is 5.32 Å². The molecular weight excluding hydrogens is 337 g/mol. The Labute approximate surface area is 145 Å². The molecule has 4 nitrogen and oxygen atoms in total. The molecule has 2 aliphatic rings. The first kappa shape index (κ1) is 16.6. The van der Waals surface area contributed by atoms with Crippen LogP contribution in [0.1, 0.15) is 32.1 Å². The number of anilines is 1. The molecule has 2 saturated carbocycles. The number of hydrogen-bond acceptors (Lipinski definition) is 3. The molecule has 1 N–H and O–H groups in total. The van der Waals surface area contributed by atoms with Gasteiger partial charge in [-0.3, -0.25) is 9.59 Å². The highest BCUT2D eigenvalue weighted by Gasteiger charge is 2.40. The normalized spacial score (nSPS) is 25.4. The molecule has 124 valence electrons. The highest BCUT2D eigenvalue weighted by atomic mass is 35.5. The fraction of sp³-hybridized carbons (Fsp3) is 0.529. The van der Waals surface area contributed by atoms with Gasteiger partial charge in [0.2, 0.25) is 0 Å². The summed E-state index contributed by atoms with van der Waals surface area (Å²) in [6.45, 7) is -0.278. The predicted molar refractivity (Wildman–Crippen MR) is 89.6 cm³/mol. The van der Waals surface area contributed by atoms with E-state index in [9.17, 15) is 9.59 Å². The molecule has 1 aromatic rings. The first-order valence-corrected chi connectivity index (χ1v) is 8.67. The van der Waals surface area contributed by atoms with Gasteiger partial charge in [-0.1, -0.05) is 29.6 Å². The van der Waals surface area contributed by atoms with Crippen LogP contribution in [0.25, 0.3) is 0 Å². The SMILES string of the molecule is O=C(COC(=O)C[C@@H]1C[C@@H]2CC[C@@H]1C2)Nc1ccc(Cl)c(Cl)c1. The predicted octanol–water partition coefficient (Wildman–Crippen LogP) is 4.30. The number of esters is 1. The van der Waals surface area contributed by atoms with Crippen LogP contribution in [0.5, 0.6) is 0 Å². The number of carbonyl (C=O) groups excluding carboxylic acids is 2. The van der Waals surface area contributed by atoms with Crippen LogP contribution in [0.3, 0.4) is 0 Å². The molecule has 3 atom stereocenters. The third-order valence-corrected chi connectivity index (χ3v) is 5.62. The number of amides is 1. The lowest BCUT2D eigenvalue weighted by atomic mass is 9.86. The largest absolute Gasteiger partial charge is 0.456 e. The van der Waals surface area contributed by atoms with E-state index >= 15 is 0 Å². The standard InChI is InChI=1S/C17H19Cl2NO3/c18-14-4-3-13(8-15(14)19)20-16(21)9-23-17(22)7-12-6-10-1-2-11(12)5-10/h3-4,8,10-12H,1-2,5-7,9H2,(H,20,21)/t10-,11-,12+/m1/s1. The third-order valence-electron chi connectivity index (χ3n) is 4.88. The van der Waals surface area contributed by atoms with E-state index in [0.29, 0.717) is 34.0 Å². The van der Waals surface area contributed by atoms with Crippen LogP contribution in [0, 0.1) is 17.8 Å². The van der Waals surface area contributed by atoms with E-state index in [-0.39, 0.29) is 18.5 Å². The van der Waals surface area contributed by atoms with Crippen LogP contribution in [0.2, 0.25) is 10.0 Å². The molecule has 2 bridgehead atoms. The number of halogens is 2. The zero-order valence-electron chi connectivity index (χ0n) is 12.7. The monoisotopic (exact) mass is 355 g/mol. The summed E-state index contributed by atoms with van der Waals surface area (Å²) in [7, 11) is 0. The van der Waals surface area contributed by atoms with Gasteiger partial charge in [0.05, 0.1) is 10.0 Å². The van der Waals surface area contributed by atoms with Crippen molar-refractivity contribution in [3.05, 3.63) is 28.2 Å². The maximum Gasteiger partial charge on any atom is 0.306 e. The average molecular weight is 356 g/mol. The molecule has 0 unspecified atom stereocenters. The zero-order valence-corrected chi connectivity index (χ0v) is 14.2. The number of nitrogens with one attached hydrogen (secondary N) is 1. The van der Waals surface area contributed by atoms with Crippen LogP contribution >= 0.6 is 23.2 Å². The Morgan fingerprint density at radius 1 is 1.17 bits per heavy atom. The number of benzene rings is 1. The van der Waals surface area contributed by atoms with Gasteiger partial charge in [0.15, 0.2) is 6.61 Å². The van der Waals surface area contributed by atoms with Crippen molar-refractivity contribution in [1.82, 2.24) is 0 Å². The van der Waals surface area contributed by atoms with Crippen molar-refractivity contribution in [3.8, 4) is 0 Å². The van der Waals surface area contributed by atoms with E-state index < -0.39 is 0 Å². The molecule has 0 spiro atoms. The Morgan fingerprint density at radius 3 is 2.65 bits per heavy atom. The van der Waals surface area contributed by atoms with Crippen LogP contribution in [-0.4, -0.2) is 18.5 Å². The summed E-state index contributed by atoms with van der Waals surface area (Å²) in [6.07, 6.45) is 5.37. The number of fused-ring (bicyclic) bond motifs is 2. The van der Waals surface area contributed by atoms with Gasteiger partial charge in [-0.25, -0.2) is 0 Å². The van der Waals surface area contributed by atoms with Gasteiger partial charge in [0.1, 0.15) is 0 Å². The summed E-state index contributed by atoms with van der Waals surface area (Å²) in [6, 6.07) is 4.79. The van der Waals surface area contributed by atoms with Crippen molar-refractivity contribution < 1.29 is 14.3 Å². The molecule has 1 aromatic carbocycles. The first-order valence-electron chi connectivity index (χ1n) is 7.92. The van der Waals surface area contributed by atoms with Crippen molar-refractivity contribution in [2.75, 3.05) is 11.9 Å². The van der Waals surface area contributed by atoms with Crippen LogP contribution in [0.15, 0.2) is 18.2 Å². The van der Waals surface area contributed by atoms with Crippen molar-refractivity contribution in [2.24, 2.45) is 17.8 Å². The maximum atomic E-state index is 11.9. The minimum Gasteiger partial charge on any atom is -0.456 e. The quantitative estimate of drug-likeness (QED) is 0.801. The molecule has 0 aliphatic heterocycles. The number of hydrogen-bond donors (Lipinski definition) is 1. The third kappa shape index (κ3) is 4.18. The second-order valence-corrected chi connectivity index (χ2v) is 7.29. The molecule has 2 aliphatic carbocycles. The van der Waals surface area contributed by atoms with Gasteiger partial charge >= 0.3 is 5.97 Å². The number of ether oxygens (including phenoxy) is 1. The first-order chi connectivity index (χ1) is 11.0. The molecule has 23 heavy (non-hydrogen) atoms. The van der Waals surface area contributed by atoms with Gasteiger partial charge in [-0.15, -0.1) is 0 Å². The molecule has 0 heterocycles. The van der Waals surface area contributed by atoms with Gasteiger partial charge in [-0.05, 0) is 55.2 Å². The highest BCUT2D eigenvalue weighted by molar-refractivity contribution is 6.42. The maximum absolute atomic E-state index is 11.9. The molecule has 0 saturated heterocycles. The van der Waals surface area contributed by atoms with Gasteiger partial charge in [0.25, 0.3) is 5.91 Å². The Kier molecular flexibility index (Phi) is 5.12. The van der Waals surface area contributed by atoms with Crippen molar-refractivity contribution in [1.29, 1.82) is 0 Å². The summed E-state index contributed by atoms with van der Waals surface area (Å²) in [5, 5.41) is 3.40. The fourth-order valence-electron chi connectivity index (χ4n) is 3.82. The summed E-state index contributed by atoms with van der Waals surface area (Å²) >= 11 is 11.7. The second-order valence-electron chi connectivity index (χ2n) is 6.48. The van der Waals surface area contributed by atoms with E-state index in [0.717, 1.165) is 12.3 Å². The van der Waals surface area contributed by atoms with E-state index in [2.05, 4.69) is 5.32 Å². The lowest BCUT2D eigenvalue weighted by Crippen LogP contribution is -2.23. The van der Waals surface area contributed by atoms with Gasteiger partial charge in [0, 0.05) is 12.1 Å². The summed E-state index contributed by atoms with van der Waals surface area (Å²) in [4.78, 5) is 23.7. The lowest BCUT2D eigenvalue weighted by molar-refractivity contribution is -0.148. The summed E-state index contributed by atoms with van der Waals surface area (Å²) in [5.41, 5.74) is 0.522. The number of carbonyl (C=O) groups is 2. The van der Waals surface area contributed by atoms with Crippen molar-refractivity contribution in [2.45, 2.75) is 32.1 Å². The van der Waals surface area contributed by atoms with Crippen molar-refractivity contribution in [3.63, 3.8) is 0 Å². The van der Waals surface area contributed by atoms with E-state index in [1.807, 2.05) is 0 Å². The van der Waals surface area contributed by atoms with E-state index in [4.69, 9.17) is 27.9 Å². The van der Waals surface area contributed by atoms with Crippen LogP contribution in [0.4, 0.5) is 5.69 Å². The zero-order chi connectivity index (χ0) is 16.4. The molecular formula is C17H19Cl2NO3. The smallest absolute Gasteiger partial charge is 0.306 e. The summed E-state index contributed by atoms with van der Waals surface area (Å²) < 4.78 is 5.09. The van der Waals surface area contributed by atoms with Crippen molar-refractivity contribution >= 4 is 40.8 Å². The minimum absolute atomic E-state index is 0.278. The Morgan fingerprint density at radius 2 is 2.00 bits per heavy atom. The second kappa shape index (κ2) is 7.10. The molecule has 3 rings (SSSR count). The molecule has 2 fully saturated rings. The highest BCUT2D eigenvalue weighted by Crippen LogP contribution is 2.49. The molecule has 0 radical (unpaired) electrons. The van der Waals surface area contributed by atoms with Gasteiger partial charge < -0.3 is 10.1 Å². The topological polar surface area (TPSA) is 55.4 Å². The molecule has 0 aromatic heterocycles. The van der Waals surface area contributed by atoms with E-state index in [1.54, 1.807) is 18.2 Å². The molecule has 6 heteroatoms. The van der Waals surface area contributed by atoms with Crippen LogP contribution in [-0.2, 0) is 14.3 Å². The number of rotatable bonds is 5. The minimum atomic E-state index is -0.385. The lowest BCUT2D eigenvalue weighted by Gasteiger charge is -2.20.